The summed E-state index contributed by atoms with van der Waals surface area (Å²) in [5.74, 6) is 3.45. The van der Waals surface area contributed by atoms with E-state index in [0.717, 1.165) is 37.8 Å². The predicted octanol–water partition coefficient (Wildman–Crippen LogP) is 9.78. The Morgan fingerprint density at radius 1 is 0.966 bits per heavy atom. The Morgan fingerprint density at radius 2 is 1.76 bits per heavy atom. The number of hydrogen-bond acceptors (Lipinski definition) is 8. The number of fused-ring (bicyclic) bond motifs is 4. The van der Waals surface area contributed by atoms with Gasteiger partial charge in [0, 0.05) is 49.6 Å². The normalized spacial score (nSPS) is 22.3. The van der Waals surface area contributed by atoms with Crippen LogP contribution in [-0.4, -0.2) is 94.1 Å². The van der Waals surface area contributed by atoms with Gasteiger partial charge in [-0.1, -0.05) is 53.5 Å². The maximum Gasteiger partial charge on any atom is 0.319 e. The van der Waals surface area contributed by atoms with Gasteiger partial charge >= 0.3 is 6.01 Å². The van der Waals surface area contributed by atoms with Crippen molar-refractivity contribution in [3.05, 3.63) is 53.1 Å². The number of halogens is 3. The number of alkyl halides is 1. The molecule has 3 saturated heterocycles. The first-order valence-electron chi connectivity index (χ1n) is 21.2. The first-order chi connectivity index (χ1) is 27.9. The molecule has 12 heteroatoms. The molecule has 4 aliphatic heterocycles. The van der Waals surface area contributed by atoms with Crippen molar-refractivity contribution in [1.29, 1.82) is 0 Å². The lowest BCUT2D eigenvalue weighted by atomic mass is 9.91. The van der Waals surface area contributed by atoms with E-state index < -0.39 is 31.4 Å². The Balaban J connectivity index is 1.36. The molecule has 0 radical (unpaired) electrons. The van der Waals surface area contributed by atoms with E-state index in [-0.39, 0.29) is 42.1 Å². The van der Waals surface area contributed by atoms with Crippen molar-refractivity contribution < 1.29 is 32.1 Å². The first-order valence-corrected chi connectivity index (χ1v) is 23.4. The maximum atomic E-state index is 17.9. The summed E-state index contributed by atoms with van der Waals surface area (Å²) in [5.41, 5.74) is 6.30. The number of ether oxygens (including phenoxy) is 4. The summed E-state index contributed by atoms with van der Waals surface area (Å²) in [6.07, 6.45) is 3.47. The second-order valence-corrected chi connectivity index (χ2v) is 23.4. The molecule has 0 bridgehead atoms. The van der Waals surface area contributed by atoms with Crippen molar-refractivity contribution in [3.63, 3.8) is 0 Å². The fraction of sp³-hybridized carbons (Fsp3) is 0.565. The van der Waals surface area contributed by atoms with Gasteiger partial charge < -0.3 is 23.8 Å². The van der Waals surface area contributed by atoms with Crippen LogP contribution >= 0.6 is 0 Å². The van der Waals surface area contributed by atoms with Crippen LogP contribution in [0.3, 0.4) is 0 Å². The summed E-state index contributed by atoms with van der Waals surface area (Å²) in [7, 11) is -0.739. The Labute approximate surface area is 341 Å². The zero-order valence-electron chi connectivity index (χ0n) is 35.0. The molecular formula is C46H57F3N4O4Si. The van der Waals surface area contributed by atoms with Gasteiger partial charge in [0.2, 0.25) is 0 Å². The molecule has 1 unspecified atom stereocenters. The van der Waals surface area contributed by atoms with E-state index in [1.165, 1.54) is 6.07 Å². The highest BCUT2D eigenvalue weighted by Gasteiger charge is 2.49. The Hall–Kier alpha value is -3.89. The molecule has 1 aromatic heterocycles. The molecule has 0 saturated carbocycles. The van der Waals surface area contributed by atoms with Crippen molar-refractivity contribution in [2.24, 2.45) is 0 Å². The second-order valence-electron chi connectivity index (χ2n) is 17.8. The number of anilines is 1. The molecule has 8 nitrogen and oxygen atoms in total. The molecule has 58 heavy (non-hydrogen) atoms. The van der Waals surface area contributed by atoms with Crippen LogP contribution < -0.4 is 14.4 Å². The third-order valence-corrected chi connectivity index (χ3v) is 19.9. The number of hydrogen-bond donors (Lipinski definition) is 0. The van der Waals surface area contributed by atoms with Crippen LogP contribution in [0.1, 0.15) is 84.8 Å². The lowest BCUT2D eigenvalue weighted by Gasteiger charge is -2.38. The number of nitrogens with zero attached hydrogens (tertiary/aromatic N) is 4. The fourth-order valence-electron chi connectivity index (χ4n) is 10.9. The molecular weight excluding hydrogens is 758 g/mol. The summed E-state index contributed by atoms with van der Waals surface area (Å²) >= 11 is 0. The van der Waals surface area contributed by atoms with Crippen LogP contribution in [-0.2, 0) is 15.9 Å². The summed E-state index contributed by atoms with van der Waals surface area (Å²) in [4.78, 5) is 14.3. The van der Waals surface area contributed by atoms with Crippen molar-refractivity contribution in [1.82, 2.24) is 14.9 Å². The number of aryl methyl sites for hydroxylation is 1. The van der Waals surface area contributed by atoms with E-state index in [1.54, 1.807) is 19.2 Å². The minimum atomic E-state index is -2.28. The van der Waals surface area contributed by atoms with Crippen molar-refractivity contribution in [3.8, 4) is 34.4 Å². The largest absolute Gasteiger partial charge is 0.468 e. The predicted molar refractivity (Wildman–Crippen MR) is 226 cm³/mol. The quantitative estimate of drug-likeness (QED) is 0.0891. The minimum absolute atomic E-state index is 0.0197. The smallest absolute Gasteiger partial charge is 0.319 e. The highest BCUT2D eigenvalue weighted by atomic mass is 28.3. The summed E-state index contributed by atoms with van der Waals surface area (Å²) in [6, 6.07) is 8.71. The van der Waals surface area contributed by atoms with Gasteiger partial charge in [0.1, 0.15) is 43.8 Å². The monoisotopic (exact) mass is 814 g/mol. The topological polar surface area (TPSA) is 69.2 Å². The second kappa shape index (κ2) is 16.3. The molecule has 3 aromatic carbocycles. The van der Waals surface area contributed by atoms with Gasteiger partial charge in [-0.2, -0.15) is 9.97 Å². The molecule has 0 amide bonds. The van der Waals surface area contributed by atoms with Gasteiger partial charge in [-0.3, -0.25) is 4.90 Å². The SMILES string of the molecule is COCOc1cc(-c2cc3c4c(nc(OC[C@@]56CCCN5C[C@H](F)C6)nc4c2F)N2CCCOCC2CC3)c2c(C#C[Si](C(C)C)(C(C)C)C(C)C)c(F)ccc2c1. The molecule has 3 fully saturated rings. The maximum absolute atomic E-state index is 17.9. The van der Waals surface area contributed by atoms with Crippen LogP contribution in [0.25, 0.3) is 32.8 Å². The van der Waals surface area contributed by atoms with Crippen molar-refractivity contribution >= 4 is 35.6 Å². The van der Waals surface area contributed by atoms with E-state index >= 15 is 8.78 Å². The molecule has 5 heterocycles. The zero-order chi connectivity index (χ0) is 40.9. The number of methoxy groups -OCH3 is 1. The average Bonchev–Trinajstić information content (AvgIpc) is 3.54. The van der Waals surface area contributed by atoms with Gasteiger partial charge in [-0.25, -0.2) is 13.2 Å². The number of aromatic nitrogens is 2. The van der Waals surface area contributed by atoms with Crippen molar-refractivity contribution in [2.75, 3.05) is 58.3 Å². The van der Waals surface area contributed by atoms with Crippen LogP contribution in [0, 0.1) is 23.1 Å². The van der Waals surface area contributed by atoms with Gasteiger partial charge in [-0.15, -0.1) is 5.54 Å². The van der Waals surface area contributed by atoms with Crippen molar-refractivity contribution in [2.45, 2.75) is 114 Å². The summed E-state index contributed by atoms with van der Waals surface area (Å²) in [6.45, 7) is 16.7. The summed E-state index contributed by atoms with van der Waals surface area (Å²) in [5, 5.41) is 1.84. The van der Waals surface area contributed by atoms with E-state index in [4.69, 9.17) is 28.9 Å². The third kappa shape index (κ3) is 7.14. The van der Waals surface area contributed by atoms with Crippen LogP contribution in [0.2, 0.25) is 16.6 Å². The third-order valence-electron chi connectivity index (χ3n) is 13.6. The molecule has 4 aliphatic rings. The molecule has 0 spiro atoms. The number of rotatable bonds is 10. The van der Waals surface area contributed by atoms with Gasteiger partial charge in [0.15, 0.2) is 12.6 Å². The minimum Gasteiger partial charge on any atom is -0.468 e. The molecule has 3 atom stereocenters. The summed E-state index contributed by atoms with van der Waals surface area (Å²) < 4.78 is 72.8. The Kier molecular flexibility index (Phi) is 11.5. The highest BCUT2D eigenvalue weighted by Crippen LogP contribution is 2.46. The first kappa shape index (κ1) is 40.9. The lowest BCUT2D eigenvalue weighted by Crippen LogP contribution is -2.43. The van der Waals surface area contributed by atoms with E-state index in [1.807, 2.05) is 12.1 Å². The molecule has 0 N–H and O–H groups in total. The zero-order valence-corrected chi connectivity index (χ0v) is 36.0. The Bertz CT molecular complexity index is 2240. The fourth-order valence-corrected chi connectivity index (χ4v) is 16.1. The molecule has 4 aromatic rings. The van der Waals surface area contributed by atoms with Crippen LogP contribution in [0.5, 0.6) is 11.8 Å². The Morgan fingerprint density at radius 3 is 2.52 bits per heavy atom. The van der Waals surface area contributed by atoms with E-state index in [0.29, 0.717) is 89.1 Å². The van der Waals surface area contributed by atoms with E-state index in [9.17, 15) is 4.39 Å². The number of benzene rings is 3. The van der Waals surface area contributed by atoms with Crippen LogP contribution in [0.15, 0.2) is 30.3 Å². The molecule has 0 aliphatic carbocycles. The molecule has 8 rings (SSSR count). The van der Waals surface area contributed by atoms with Gasteiger partial charge in [0.25, 0.3) is 0 Å². The van der Waals surface area contributed by atoms with E-state index in [2.05, 4.69) is 62.8 Å². The van der Waals surface area contributed by atoms with Crippen LogP contribution in [0.4, 0.5) is 19.0 Å². The average molecular weight is 815 g/mol. The lowest BCUT2D eigenvalue weighted by molar-refractivity contribution is 0.0512. The van der Waals surface area contributed by atoms with Gasteiger partial charge in [-0.05, 0) is 96.1 Å². The van der Waals surface area contributed by atoms with Gasteiger partial charge in [0.05, 0.1) is 23.8 Å². The molecule has 310 valence electrons. The standard InChI is InChI=1S/C46H57F3N4O4Si/c1-28(2)58(29(3)4,30(5)6)19-14-36-39(48)13-11-31-20-35(57-27-54-7)22-37(40(31)36)38-21-32-10-12-34-25-55-18-9-17-53(34)44-41(32)43(42(38)49)50-45(51-44)56-26-46-15-8-16-52(46)24-33(47)23-46/h11,13,20-22,28-30,33-34H,8-10,12,15-18,23-27H2,1-7H3/t33-,34?,46+/m1/s1. The highest BCUT2D eigenvalue weighted by molar-refractivity contribution is 6.90.